The summed E-state index contributed by atoms with van der Waals surface area (Å²) in [6.45, 7) is 1.84. The Labute approximate surface area is 102 Å². The summed E-state index contributed by atoms with van der Waals surface area (Å²) in [5.41, 5.74) is 1.48. The summed E-state index contributed by atoms with van der Waals surface area (Å²) in [6.07, 6.45) is 1.61. The second-order valence-corrected chi connectivity index (χ2v) is 3.75. The van der Waals surface area contributed by atoms with Gasteiger partial charge in [-0.25, -0.2) is 14.8 Å². The molecule has 0 aromatic carbocycles. The predicted molar refractivity (Wildman–Crippen MR) is 63.1 cm³/mol. The summed E-state index contributed by atoms with van der Waals surface area (Å²) in [4.78, 5) is 19.9. The molecule has 2 aromatic heterocycles. The largest absolute Gasteiger partial charge is 0.465 e. The number of ether oxygens (including phenoxy) is 1. The molecule has 2 aromatic rings. The second-order valence-electron chi connectivity index (χ2n) is 3.34. The molecule has 88 valence electrons. The monoisotopic (exact) mass is 250 g/mol. The van der Waals surface area contributed by atoms with Gasteiger partial charge in [-0.15, -0.1) is 0 Å². The number of carbonyl (C=O) groups excluding carboxylic acids is 1. The number of carbonyl (C=O) groups is 1. The highest BCUT2D eigenvalue weighted by Gasteiger charge is 2.19. The first-order valence-electron chi connectivity index (χ1n) is 4.82. The minimum absolute atomic E-state index is 0.244. The minimum Gasteiger partial charge on any atom is -0.465 e. The van der Waals surface area contributed by atoms with Gasteiger partial charge in [0.05, 0.1) is 7.11 Å². The van der Waals surface area contributed by atoms with Crippen molar-refractivity contribution < 1.29 is 9.53 Å². The number of hydrogen-bond acceptors (Lipinski definition) is 5. The van der Waals surface area contributed by atoms with Crippen molar-refractivity contribution in [3.63, 3.8) is 0 Å². The zero-order valence-electron chi connectivity index (χ0n) is 9.27. The van der Waals surface area contributed by atoms with Crippen LogP contribution in [0.1, 0.15) is 16.1 Å². The number of aryl methyl sites for hydroxylation is 1. The molecule has 0 unspecified atom stereocenters. The minimum atomic E-state index is -0.521. The van der Waals surface area contributed by atoms with Crippen LogP contribution in [0.15, 0.2) is 12.3 Å². The van der Waals surface area contributed by atoms with Gasteiger partial charge in [0.1, 0.15) is 15.9 Å². The number of nitrogens with one attached hydrogen (secondary N) is 2. The summed E-state index contributed by atoms with van der Waals surface area (Å²) < 4.78 is 4.94. The molecule has 7 heteroatoms. The van der Waals surface area contributed by atoms with E-state index in [0.717, 1.165) is 5.69 Å². The molecule has 0 aliphatic carbocycles. The smallest absolute Gasteiger partial charge is 0.343 e. The number of nitrogens with zero attached hydrogens (tertiary/aromatic N) is 2. The number of aromatic nitrogens is 4. The van der Waals surface area contributed by atoms with Gasteiger partial charge in [0, 0.05) is 11.9 Å². The molecule has 0 spiro atoms. The summed E-state index contributed by atoms with van der Waals surface area (Å²) in [6, 6.07) is 1.77. The highest BCUT2D eigenvalue weighted by Crippen LogP contribution is 2.19. The number of aromatic amines is 2. The molecular formula is C10H10N4O2S. The van der Waals surface area contributed by atoms with Gasteiger partial charge in [-0.3, -0.25) is 10.2 Å². The number of H-pyrrole nitrogens is 2. The number of esters is 1. The van der Waals surface area contributed by atoms with Gasteiger partial charge in [-0.1, -0.05) is 12.2 Å². The molecule has 0 bridgehead atoms. The number of rotatable bonds is 2. The average Bonchev–Trinajstić information content (AvgIpc) is 2.70. The molecule has 6 nitrogen and oxygen atoms in total. The third-order valence-electron chi connectivity index (χ3n) is 2.19. The first-order valence-corrected chi connectivity index (χ1v) is 5.23. The van der Waals surface area contributed by atoms with Crippen LogP contribution < -0.4 is 0 Å². The molecule has 2 rings (SSSR count). The first kappa shape index (κ1) is 11.5. The Hall–Kier alpha value is -2.02. The van der Waals surface area contributed by atoms with Crippen molar-refractivity contribution >= 4 is 18.2 Å². The summed E-state index contributed by atoms with van der Waals surface area (Å²) in [5, 5.41) is 5.46. The Morgan fingerprint density at radius 2 is 2.24 bits per heavy atom. The van der Waals surface area contributed by atoms with E-state index in [-0.39, 0.29) is 10.2 Å². The van der Waals surface area contributed by atoms with Gasteiger partial charge in [0.15, 0.2) is 5.82 Å². The topological polar surface area (TPSA) is 83.7 Å². The molecule has 17 heavy (non-hydrogen) atoms. The SMILES string of the molecule is COC(=O)c1c(-c2nccc(C)n2)[nH][nH]c1=S. The summed E-state index contributed by atoms with van der Waals surface area (Å²) >= 11 is 5.01. The molecule has 2 heterocycles. The Morgan fingerprint density at radius 3 is 2.88 bits per heavy atom. The lowest BCUT2D eigenvalue weighted by Crippen LogP contribution is -2.04. The maximum atomic E-state index is 11.6. The molecular weight excluding hydrogens is 240 g/mol. The summed E-state index contributed by atoms with van der Waals surface area (Å²) in [5.74, 6) is -0.120. The Kier molecular flexibility index (Phi) is 3.01. The van der Waals surface area contributed by atoms with E-state index in [1.54, 1.807) is 12.3 Å². The van der Waals surface area contributed by atoms with Crippen molar-refractivity contribution in [3.05, 3.63) is 28.2 Å². The van der Waals surface area contributed by atoms with Gasteiger partial charge in [0.2, 0.25) is 0 Å². The fourth-order valence-electron chi connectivity index (χ4n) is 1.39. The fourth-order valence-corrected chi connectivity index (χ4v) is 1.63. The van der Waals surface area contributed by atoms with Gasteiger partial charge in [-0.2, -0.15) is 0 Å². The van der Waals surface area contributed by atoms with E-state index < -0.39 is 5.97 Å². The maximum Gasteiger partial charge on any atom is 0.343 e. The molecule has 0 fully saturated rings. The van der Waals surface area contributed by atoms with E-state index in [0.29, 0.717) is 11.5 Å². The predicted octanol–water partition coefficient (Wildman–Crippen LogP) is 1.62. The third-order valence-corrected chi connectivity index (χ3v) is 2.49. The first-order chi connectivity index (χ1) is 8.13. The Bertz CT molecular complexity index is 617. The normalized spacial score (nSPS) is 10.2. The molecule has 2 N–H and O–H groups in total. The van der Waals surface area contributed by atoms with Gasteiger partial charge >= 0.3 is 5.97 Å². The van der Waals surface area contributed by atoms with Crippen LogP contribution in [0.4, 0.5) is 0 Å². The molecule has 0 saturated heterocycles. The second kappa shape index (κ2) is 4.46. The molecule has 0 aliphatic heterocycles. The molecule has 0 saturated carbocycles. The molecule has 0 aliphatic rings. The van der Waals surface area contributed by atoms with Crippen molar-refractivity contribution in [2.75, 3.05) is 7.11 Å². The zero-order chi connectivity index (χ0) is 12.4. The molecule has 0 amide bonds. The van der Waals surface area contributed by atoms with Crippen molar-refractivity contribution in [2.45, 2.75) is 6.92 Å². The van der Waals surface area contributed by atoms with Crippen molar-refractivity contribution in [2.24, 2.45) is 0 Å². The fraction of sp³-hybridized carbons (Fsp3) is 0.200. The summed E-state index contributed by atoms with van der Waals surface area (Å²) in [7, 11) is 1.30. The Morgan fingerprint density at radius 1 is 1.47 bits per heavy atom. The van der Waals surface area contributed by atoms with Crippen molar-refractivity contribution in [1.29, 1.82) is 0 Å². The van der Waals surface area contributed by atoms with E-state index in [4.69, 9.17) is 12.2 Å². The zero-order valence-corrected chi connectivity index (χ0v) is 10.1. The van der Waals surface area contributed by atoms with Crippen LogP contribution in [0.2, 0.25) is 0 Å². The standard InChI is InChI=1S/C10H10N4O2S/c1-5-3-4-11-8(12-5)7-6(10(15)16-2)9(17)14-13-7/h3-4H,1-2H3,(H2,13,14,17). The number of hydrogen-bond donors (Lipinski definition) is 2. The third kappa shape index (κ3) is 2.09. The highest BCUT2D eigenvalue weighted by molar-refractivity contribution is 7.71. The lowest BCUT2D eigenvalue weighted by molar-refractivity contribution is 0.0601. The Balaban J connectivity index is 2.61. The van der Waals surface area contributed by atoms with Crippen molar-refractivity contribution in [3.8, 4) is 11.5 Å². The molecule has 0 radical (unpaired) electrons. The van der Waals surface area contributed by atoms with Crippen LogP contribution in [-0.4, -0.2) is 33.2 Å². The van der Waals surface area contributed by atoms with Crippen LogP contribution >= 0.6 is 12.2 Å². The highest BCUT2D eigenvalue weighted by atomic mass is 32.1. The van der Waals surface area contributed by atoms with Crippen LogP contribution in [0.5, 0.6) is 0 Å². The average molecular weight is 250 g/mol. The van der Waals surface area contributed by atoms with E-state index in [2.05, 4.69) is 24.9 Å². The van der Waals surface area contributed by atoms with Crippen LogP contribution in [0, 0.1) is 11.6 Å². The van der Waals surface area contributed by atoms with Crippen molar-refractivity contribution in [1.82, 2.24) is 20.2 Å². The van der Waals surface area contributed by atoms with Crippen LogP contribution in [0.3, 0.4) is 0 Å². The van der Waals surface area contributed by atoms with E-state index in [1.165, 1.54) is 7.11 Å². The van der Waals surface area contributed by atoms with E-state index in [9.17, 15) is 4.79 Å². The van der Waals surface area contributed by atoms with E-state index in [1.807, 2.05) is 6.92 Å². The van der Waals surface area contributed by atoms with Crippen LogP contribution in [0.25, 0.3) is 11.5 Å². The lowest BCUT2D eigenvalue weighted by atomic mass is 10.2. The molecule has 0 atom stereocenters. The van der Waals surface area contributed by atoms with Gasteiger partial charge < -0.3 is 4.74 Å². The van der Waals surface area contributed by atoms with Gasteiger partial charge in [0.25, 0.3) is 0 Å². The van der Waals surface area contributed by atoms with Gasteiger partial charge in [-0.05, 0) is 13.0 Å². The van der Waals surface area contributed by atoms with Crippen LogP contribution in [-0.2, 0) is 4.74 Å². The number of methoxy groups -OCH3 is 1. The quantitative estimate of drug-likeness (QED) is 0.625. The van der Waals surface area contributed by atoms with E-state index >= 15 is 0 Å². The maximum absolute atomic E-state index is 11.6. The lowest BCUT2D eigenvalue weighted by Gasteiger charge is -2.00.